The summed E-state index contributed by atoms with van der Waals surface area (Å²) in [6, 6.07) is 7.30. The van der Waals surface area contributed by atoms with Crippen LogP contribution in [0.1, 0.15) is 13.3 Å². The standard InChI is InChI=1S/C11H17N3O2/c1-3-8(11(12)14-15)13-9-6-4-5-7-10(9)16-2/h4-8,13,15H,3H2,1-2H3,(H2,12,14). The molecule has 0 spiro atoms. The second kappa shape index (κ2) is 5.85. The van der Waals surface area contributed by atoms with Crippen molar-refractivity contribution in [2.24, 2.45) is 10.9 Å². The van der Waals surface area contributed by atoms with Gasteiger partial charge in [-0.3, -0.25) is 0 Å². The van der Waals surface area contributed by atoms with Crippen LogP contribution in [0.4, 0.5) is 5.69 Å². The van der Waals surface area contributed by atoms with Gasteiger partial charge in [0.15, 0.2) is 5.84 Å². The topological polar surface area (TPSA) is 79.9 Å². The number of methoxy groups -OCH3 is 1. The van der Waals surface area contributed by atoms with Gasteiger partial charge >= 0.3 is 0 Å². The summed E-state index contributed by atoms with van der Waals surface area (Å²) in [5, 5.41) is 14.8. The van der Waals surface area contributed by atoms with E-state index in [4.69, 9.17) is 15.7 Å². The van der Waals surface area contributed by atoms with Crippen molar-refractivity contribution in [3.63, 3.8) is 0 Å². The Balaban J connectivity index is 2.85. The molecule has 0 saturated heterocycles. The van der Waals surface area contributed by atoms with E-state index < -0.39 is 0 Å². The maximum atomic E-state index is 8.63. The number of nitrogens with two attached hydrogens (primary N) is 1. The van der Waals surface area contributed by atoms with Crippen LogP contribution < -0.4 is 15.8 Å². The summed E-state index contributed by atoms with van der Waals surface area (Å²) in [4.78, 5) is 0. The summed E-state index contributed by atoms with van der Waals surface area (Å²) in [6.07, 6.45) is 0.716. The van der Waals surface area contributed by atoms with Gasteiger partial charge < -0.3 is 21.0 Å². The third-order valence-electron chi connectivity index (χ3n) is 2.32. The first-order valence-corrected chi connectivity index (χ1v) is 5.09. The summed E-state index contributed by atoms with van der Waals surface area (Å²) in [5.41, 5.74) is 6.39. The Kier molecular flexibility index (Phi) is 4.44. The molecular formula is C11H17N3O2. The van der Waals surface area contributed by atoms with Gasteiger partial charge in [-0.1, -0.05) is 24.2 Å². The first kappa shape index (κ1) is 12.2. The van der Waals surface area contributed by atoms with Crippen molar-refractivity contribution in [2.45, 2.75) is 19.4 Å². The minimum absolute atomic E-state index is 0.161. The highest BCUT2D eigenvalue weighted by molar-refractivity contribution is 5.88. The Hall–Kier alpha value is -1.91. The molecule has 1 aromatic carbocycles. The van der Waals surface area contributed by atoms with Crippen molar-refractivity contribution >= 4 is 11.5 Å². The van der Waals surface area contributed by atoms with Gasteiger partial charge in [0.05, 0.1) is 18.8 Å². The lowest BCUT2D eigenvalue weighted by molar-refractivity contribution is 0.316. The summed E-state index contributed by atoms with van der Waals surface area (Å²) >= 11 is 0. The van der Waals surface area contributed by atoms with Gasteiger partial charge in [0.1, 0.15) is 5.75 Å². The molecule has 0 amide bonds. The number of amidine groups is 1. The molecule has 0 aliphatic heterocycles. The van der Waals surface area contributed by atoms with Crippen LogP contribution in [-0.2, 0) is 0 Å². The summed E-state index contributed by atoms with van der Waals surface area (Å²) in [7, 11) is 1.60. The van der Waals surface area contributed by atoms with E-state index >= 15 is 0 Å². The minimum Gasteiger partial charge on any atom is -0.495 e. The molecule has 0 fully saturated rings. The van der Waals surface area contributed by atoms with Crippen LogP contribution in [0.25, 0.3) is 0 Å². The molecule has 0 aromatic heterocycles. The lowest BCUT2D eigenvalue weighted by Crippen LogP contribution is -2.35. The number of nitrogens with one attached hydrogen (secondary N) is 1. The molecule has 1 aromatic rings. The Morgan fingerprint density at radius 2 is 2.25 bits per heavy atom. The van der Waals surface area contributed by atoms with Crippen LogP contribution in [0, 0.1) is 0 Å². The molecule has 1 rings (SSSR count). The SMILES string of the molecule is CCC(Nc1ccccc1OC)C(N)=NO. The van der Waals surface area contributed by atoms with Gasteiger partial charge in [-0.05, 0) is 18.6 Å². The average Bonchev–Trinajstić information content (AvgIpc) is 2.35. The van der Waals surface area contributed by atoms with Crippen LogP contribution in [0.2, 0.25) is 0 Å². The van der Waals surface area contributed by atoms with Crippen LogP contribution >= 0.6 is 0 Å². The van der Waals surface area contributed by atoms with E-state index in [9.17, 15) is 0 Å². The highest BCUT2D eigenvalue weighted by atomic mass is 16.5. The molecule has 0 bridgehead atoms. The molecule has 0 aliphatic carbocycles. The first-order valence-electron chi connectivity index (χ1n) is 5.09. The Morgan fingerprint density at radius 3 is 2.81 bits per heavy atom. The number of nitrogens with zero attached hydrogens (tertiary/aromatic N) is 1. The van der Waals surface area contributed by atoms with Gasteiger partial charge in [0.25, 0.3) is 0 Å². The molecule has 0 aliphatic rings. The molecule has 5 nitrogen and oxygen atoms in total. The van der Waals surface area contributed by atoms with Gasteiger partial charge in [0.2, 0.25) is 0 Å². The number of benzene rings is 1. The van der Waals surface area contributed by atoms with Crippen molar-refractivity contribution < 1.29 is 9.94 Å². The highest BCUT2D eigenvalue weighted by Gasteiger charge is 2.13. The fourth-order valence-electron chi connectivity index (χ4n) is 1.41. The van der Waals surface area contributed by atoms with Gasteiger partial charge in [-0.15, -0.1) is 0 Å². The summed E-state index contributed by atoms with van der Waals surface area (Å²) in [6.45, 7) is 1.95. The highest BCUT2D eigenvalue weighted by Crippen LogP contribution is 2.24. The van der Waals surface area contributed by atoms with E-state index in [-0.39, 0.29) is 11.9 Å². The molecule has 0 radical (unpaired) electrons. The monoisotopic (exact) mass is 223 g/mol. The fourth-order valence-corrected chi connectivity index (χ4v) is 1.41. The summed E-state index contributed by atoms with van der Waals surface area (Å²) in [5.74, 6) is 0.889. The van der Waals surface area contributed by atoms with E-state index in [0.717, 1.165) is 11.4 Å². The second-order valence-electron chi connectivity index (χ2n) is 3.33. The van der Waals surface area contributed by atoms with Crippen molar-refractivity contribution in [3.8, 4) is 5.75 Å². The zero-order valence-corrected chi connectivity index (χ0v) is 9.47. The number of ether oxygens (including phenoxy) is 1. The lowest BCUT2D eigenvalue weighted by atomic mass is 10.2. The predicted octanol–water partition coefficient (Wildman–Crippen LogP) is 1.63. The fraction of sp³-hybridized carbons (Fsp3) is 0.364. The Labute approximate surface area is 94.9 Å². The van der Waals surface area contributed by atoms with E-state index in [1.807, 2.05) is 31.2 Å². The number of para-hydroxylation sites is 2. The average molecular weight is 223 g/mol. The molecule has 5 heteroatoms. The molecule has 0 heterocycles. The Bertz CT molecular complexity index is 366. The van der Waals surface area contributed by atoms with Crippen LogP contribution in [-0.4, -0.2) is 24.2 Å². The smallest absolute Gasteiger partial charge is 0.161 e. The van der Waals surface area contributed by atoms with Crippen molar-refractivity contribution in [1.29, 1.82) is 0 Å². The van der Waals surface area contributed by atoms with E-state index in [0.29, 0.717) is 6.42 Å². The van der Waals surface area contributed by atoms with Crippen LogP contribution in [0.5, 0.6) is 5.75 Å². The quantitative estimate of drug-likeness (QED) is 0.307. The number of rotatable bonds is 5. The first-order chi connectivity index (χ1) is 7.72. The number of hydrogen-bond donors (Lipinski definition) is 3. The van der Waals surface area contributed by atoms with Gasteiger partial charge in [0, 0.05) is 0 Å². The molecule has 88 valence electrons. The largest absolute Gasteiger partial charge is 0.495 e. The molecule has 4 N–H and O–H groups in total. The Morgan fingerprint density at radius 1 is 1.56 bits per heavy atom. The van der Waals surface area contributed by atoms with Crippen molar-refractivity contribution in [1.82, 2.24) is 0 Å². The zero-order chi connectivity index (χ0) is 12.0. The molecular weight excluding hydrogens is 206 g/mol. The predicted molar refractivity (Wildman–Crippen MR) is 64.1 cm³/mol. The molecule has 1 unspecified atom stereocenters. The zero-order valence-electron chi connectivity index (χ0n) is 9.47. The number of oxime groups is 1. The van der Waals surface area contributed by atoms with E-state index in [1.54, 1.807) is 7.11 Å². The van der Waals surface area contributed by atoms with Gasteiger partial charge in [-0.25, -0.2) is 0 Å². The number of anilines is 1. The number of hydrogen-bond acceptors (Lipinski definition) is 4. The maximum absolute atomic E-state index is 8.63. The van der Waals surface area contributed by atoms with Crippen molar-refractivity contribution in [3.05, 3.63) is 24.3 Å². The minimum atomic E-state index is -0.207. The summed E-state index contributed by atoms with van der Waals surface area (Å²) < 4.78 is 5.20. The third-order valence-corrected chi connectivity index (χ3v) is 2.32. The van der Waals surface area contributed by atoms with E-state index in [1.165, 1.54) is 0 Å². The van der Waals surface area contributed by atoms with Crippen molar-refractivity contribution in [2.75, 3.05) is 12.4 Å². The van der Waals surface area contributed by atoms with E-state index in [2.05, 4.69) is 10.5 Å². The van der Waals surface area contributed by atoms with Crippen LogP contribution in [0.15, 0.2) is 29.4 Å². The maximum Gasteiger partial charge on any atom is 0.161 e. The third kappa shape index (κ3) is 2.79. The lowest BCUT2D eigenvalue weighted by Gasteiger charge is -2.18. The second-order valence-corrected chi connectivity index (χ2v) is 3.33. The molecule has 1 atom stereocenters. The van der Waals surface area contributed by atoms with Crippen LogP contribution in [0.3, 0.4) is 0 Å². The molecule has 16 heavy (non-hydrogen) atoms. The molecule has 0 saturated carbocycles. The normalized spacial score (nSPS) is 13.2. The van der Waals surface area contributed by atoms with Gasteiger partial charge in [-0.2, -0.15) is 0 Å².